The fourth-order valence-electron chi connectivity index (χ4n) is 3.66. The molecule has 2 aromatic rings. The van der Waals surface area contributed by atoms with Crippen LogP contribution in [0, 0.1) is 0 Å². The van der Waals surface area contributed by atoms with E-state index in [1.54, 1.807) is 0 Å². The molecule has 2 aromatic heterocycles. The Balaban J connectivity index is 0.00000280. The maximum absolute atomic E-state index is 4.53. The van der Waals surface area contributed by atoms with Crippen LogP contribution in [0.5, 0.6) is 0 Å². The van der Waals surface area contributed by atoms with E-state index in [4.69, 9.17) is 0 Å². The van der Waals surface area contributed by atoms with Gasteiger partial charge in [-0.25, -0.2) is 0 Å². The molecule has 0 saturated heterocycles. The molecule has 0 aliphatic carbocycles. The Morgan fingerprint density at radius 1 is 1.00 bits per heavy atom. The average molecular weight is 400 g/mol. The lowest BCUT2D eigenvalue weighted by atomic mass is 10.1. The second kappa shape index (κ2) is 11.1. The zero-order valence-corrected chi connectivity index (χ0v) is 18.3. The first-order valence-corrected chi connectivity index (χ1v) is 10.5. The molecule has 3 heterocycles. The van der Waals surface area contributed by atoms with Crippen molar-refractivity contribution in [2.45, 2.75) is 72.1 Å². The highest BCUT2D eigenvalue weighted by Crippen LogP contribution is 2.11. The molecule has 0 atom stereocenters. The van der Waals surface area contributed by atoms with Gasteiger partial charge in [-0.1, -0.05) is 46.0 Å². The molecule has 1 aliphatic heterocycles. The molecule has 1 aliphatic rings. The predicted octanol–water partition coefficient (Wildman–Crippen LogP) is 5.20. The number of allylic oxidation sites excluding steroid dienone is 1. The molecule has 28 heavy (non-hydrogen) atoms. The minimum atomic E-state index is 0. The van der Waals surface area contributed by atoms with Gasteiger partial charge in [-0.15, -0.1) is 12.4 Å². The summed E-state index contributed by atoms with van der Waals surface area (Å²) >= 11 is 0. The predicted molar refractivity (Wildman–Crippen MR) is 124 cm³/mol. The fraction of sp³-hybridized carbons (Fsp3) is 0.458. The summed E-state index contributed by atoms with van der Waals surface area (Å²) in [6.45, 7) is 6.55. The summed E-state index contributed by atoms with van der Waals surface area (Å²) in [5, 5.41) is 2.28. The van der Waals surface area contributed by atoms with Gasteiger partial charge < -0.3 is 9.97 Å². The molecule has 0 radical (unpaired) electrons. The molecule has 0 saturated carbocycles. The van der Waals surface area contributed by atoms with Gasteiger partial charge in [-0.2, -0.15) is 0 Å². The minimum Gasteiger partial charge on any atom is -0.359 e. The van der Waals surface area contributed by atoms with E-state index in [0.29, 0.717) is 0 Å². The number of hydrogen-bond donors (Lipinski definition) is 2. The van der Waals surface area contributed by atoms with Crippen LogP contribution in [-0.2, 0) is 12.8 Å². The third-order valence-electron chi connectivity index (χ3n) is 5.21. The molecule has 3 rings (SSSR count). The monoisotopic (exact) mass is 399 g/mol. The van der Waals surface area contributed by atoms with E-state index in [1.807, 2.05) is 6.21 Å². The number of aryl methyl sites for hydroxylation is 2. The van der Waals surface area contributed by atoms with E-state index in [0.717, 1.165) is 34.9 Å². The SMILES string of the molecule is CCCCCCCCc1ccc(C=c2cc(CC)c(=C3C=C(C)C=N3)[nH]2)[nH]1.Cl. The van der Waals surface area contributed by atoms with Gasteiger partial charge >= 0.3 is 0 Å². The molecular formula is C24H34ClN3. The normalized spacial score (nSPS) is 15.8. The van der Waals surface area contributed by atoms with Crippen molar-refractivity contribution in [1.29, 1.82) is 0 Å². The Hall–Kier alpha value is -2.00. The van der Waals surface area contributed by atoms with E-state index < -0.39 is 0 Å². The molecule has 0 spiro atoms. The standard InChI is InChI=1S/C24H33N3.ClH/c1-4-6-7-8-9-10-11-20-12-13-21(26-20)16-22-15-19(5-2)24(27-22)23-14-18(3)17-25-23;/h12-17,26-27H,4-11H2,1-3H3;1H. The number of halogens is 1. The number of aromatic nitrogens is 2. The second-order valence-corrected chi connectivity index (χ2v) is 7.61. The zero-order valence-electron chi connectivity index (χ0n) is 17.5. The Kier molecular flexibility index (Phi) is 8.85. The maximum atomic E-state index is 4.53. The molecule has 2 N–H and O–H groups in total. The first-order chi connectivity index (χ1) is 13.2. The smallest absolute Gasteiger partial charge is 0.0870 e. The lowest BCUT2D eigenvalue weighted by Gasteiger charge is -1.99. The van der Waals surface area contributed by atoms with Gasteiger partial charge in [0.1, 0.15) is 0 Å². The quantitative estimate of drug-likeness (QED) is 0.544. The third kappa shape index (κ3) is 6.00. The van der Waals surface area contributed by atoms with Crippen LogP contribution in [0.1, 0.15) is 76.2 Å². The van der Waals surface area contributed by atoms with E-state index >= 15 is 0 Å². The molecule has 4 heteroatoms. The van der Waals surface area contributed by atoms with Crippen molar-refractivity contribution in [1.82, 2.24) is 9.97 Å². The highest BCUT2D eigenvalue weighted by molar-refractivity contribution is 5.90. The van der Waals surface area contributed by atoms with Crippen LogP contribution in [0.15, 0.2) is 34.8 Å². The highest BCUT2D eigenvalue weighted by atomic mass is 35.5. The molecule has 0 unspecified atom stereocenters. The van der Waals surface area contributed by atoms with E-state index in [2.05, 4.69) is 66.1 Å². The number of rotatable bonds is 9. The van der Waals surface area contributed by atoms with Crippen molar-refractivity contribution in [3.05, 3.63) is 57.5 Å². The number of aromatic amines is 2. The number of hydrogen-bond acceptors (Lipinski definition) is 1. The van der Waals surface area contributed by atoms with Gasteiger partial charge in [0, 0.05) is 23.0 Å². The van der Waals surface area contributed by atoms with Crippen molar-refractivity contribution < 1.29 is 0 Å². The summed E-state index contributed by atoms with van der Waals surface area (Å²) in [6, 6.07) is 6.65. The van der Waals surface area contributed by atoms with E-state index in [9.17, 15) is 0 Å². The lowest BCUT2D eigenvalue weighted by molar-refractivity contribution is 0.605. The number of nitrogens with one attached hydrogen (secondary N) is 2. The summed E-state index contributed by atoms with van der Waals surface area (Å²) in [5.41, 5.74) is 6.07. The van der Waals surface area contributed by atoms with Crippen LogP contribution < -0.4 is 10.7 Å². The summed E-state index contributed by atoms with van der Waals surface area (Å²) < 4.78 is 0. The zero-order chi connectivity index (χ0) is 19.1. The number of nitrogens with zero attached hydrogens (tertiary/aromatic N) is 1. The second-order valence-electron chi connectivity index (χ2n) is 7.61. The average Bonchev–Trinajstić information content (AvgIpc) is 3.38. The van der Waals surface area contributed by atoms with Gasteiger partial charge in [0.2, 0.25) is 0 Å². The first-order valence-electron chi connectivity index (χ1n) is 10.5. The first kappa shape index (κ1) is 22.3. The lowest BCUT2D eigenvalue weighted by Crippen LogP contribution is -2.14. The summed E-state index contributed by atoms with van der Waals surface area (Å²) in [6.07, 6.45) is 16.5. The molecule has 0 bridgehead atoms. The maximum Gasteiger partial charge on any atom is 0.0870 e. The van der Waals surface area contributed by atoms with Gasteiger partial charge in [0.05, 0.1) is 11.0 Å². The summed E-state index contributed by atoms with van der Waals surface area (Å²) in [7, 11) is 0. The van der Waals surface area contributed by atoms with Crippen LogP contribution >= 0.6 is 12.4 Å². The topological polar surface area (TPSA) is 43.9 Å². The number of H-pyrrole nitrogens is 2. The molecule has 3 nitrogen and oxygen atoms in total. The molecule has 0 aromatic carbocycles. The van der Waals surface area contributed by atoms with Gasteiger partial charge in [0.25, 0.3) is 0 Å². The van der Waals surface area contributed by atoms with E-state index in [-0.39, 0.29) is 12.4 Å². The number of aliphatic imine (C=N–C) groups is 1. The van der Waals surface area contributed by atoms with Gasteiger partial charge in [-0.3, -0.25) is 4.99 Å². The fourth-order valence-corrected chi connectivity index (χ4v) is 3.66. The summed E-state index contributed by atoms with van der Waals surface area (Å²) in [4.78, 5) is 11.6. The minimum absolute atomic E-state index is 0. The van der Waals surface area contributed by atoms with Crippen LogP contribution in [0.4, 0.5) is 0 Å². The van der Waals surface area contributed by atoms with Crippen molar-refractivity contribution in [3.63, 3.8) is 0 Å². The van der Waals surface area contributed by atoms with Crippen molar-refractivity contribution >= 4 is 30.4 Å². The van der Waals surface area contributed by atoms with Crippen molar-refractivity contribution in [2.24, 2.45) is 4.99 Å². The third-order valence-corrected chi connectivity index (χ3v) is 5.21. The van der Waals surface area contributed by atoms with Crippen LogP contribution in [0.25, 0.3) is 11.8 Å². The Morgan fingerprint density at radius 2 is 1.79 bits per heavy atom. The van der Waals surface area contributed by atoms with Crippen LogP contribution in [0.2, 0.25) is 0 Å². The Labute approximate surface area is 175 Å². The van der Waals surface area contributed by atoms with Gasteiger partial charge in [-0.05, 0) is 67.7 Å². The largest absolute Gasteiger partial charge is 0.359 e. The molecule has 0 amide bonds. The molecular weight excluding hydrogens is 366 g/mol. The Bertz CT molecular complexity index is 927. The number of unbranched alkanes of at least 4 members (excludes halogenated alkanes) is 5. The van der Waals surface area contributed by atoms with E-state index in [1.165, 1.54) is 55.4 Å². The van der Waals surface area contributed by atoms with Crippen molar-refractivity contribution in [3.8, 4) is 0 Å². The van der Waals surface area contributed by atoms with Gasteiger partial charge in [0.15, 0.2) is 0 Å². The van der Waals surface area contributed by atoms with Crippen LogP contribution in [-0.4, -0.2) is 16.2 Å². The highest BCUT2D eigenvalue weighted by Gasteiger charge is 2.05. The van der Waals surface area contributed by atoms with Crippen molar-refractivity contribution in [2.75, 3.05) is 0 Å². The summed E-state index contributed by atoms with van der Waals surface area (Å²) in [5.74, 6) is 0. The molecule has 152 valence electrons. The Morgan fingerprint density at radius 3 is 2.50 bits per heavy atom. The molecule has 0 fully saturated rings. The van der Waals surface area contributed by atoms with Crippen LogP contribution in [0.3, 0.4) is 0 Å².